The zero-order valence-corrected chi connectivity index (χ0v) is 14.4. The molecule has 3 rings (SSSR count). The van der Waals surface area contributed by atoms with Crippen molar-refractivity contribution in [1.29, 1.82) is 0 Å². The van der Waals surface area contributed by atoms with E-state index in [1.54, 1.807) is 16.2 Å². The lowest BCUT2D eigenvalue weighted by Gasteiger charge is -2.13. The Kier molecular flexibility index (Phi) is 5.54. The van der Waals surface area contributed by atoms with Gasteiger partial charge in [0, 0.05) is 29.2 Å². The van der Waals surface area contributed by atoms with Crippen molar-refractivity contribution in [1.82, 2.24) is 16.0 Å². The van der Waals surface area contributed by atoms with Crippen molar-refractivity contribution in [3.05, 3.63) is 52.2 Å². The first-order chi connectivity index (χ1) is 12.2. The fourth-order valence-corrected chi connectivity index (χ4v) is 3.00. The molecule has 0 aliphatic carbocycles. The smallest absolute Gasteiger partial charge is 0.321 e. The molecule has 6 nitrogen and oxygen atoms in total. The van der Waals surface area contributed by atoms with E-state index in [0.717, 1.165) is 16.1 Å². The van der Waals surface area contributed by atoms with Crippen molar-refractivity contribution in [3.63, 3.8) is 0 Å². The van der Waals surface area contributed by atoms with E-state index in [0.29, 0.717) is 19.6 Å². The van der Waals surface area contributed by atoms with Gasteiger partial charge in [0.25, 0.3) is 0 Å². The quantitative estimate of drug-likeness (QED) is 0.736. The van der Waals surface area contributed by atoms with E-state index < -0.39 is 0 Å². The number of urea groups is 2. The number of anilines is 1. The molecule has 2 heterocycles. The Balaban J connectivity index is 1.43. The number of nitrogens with zero attached hydrogens (tertiary/aromatic N) is 1. The van der Waals surface area contributed by atoms with E-state index in [2.05, 4.69) is 27.8 Å². The largest absolute Gasteiger partial charge is 0.336 e. The number of hydrogen-bond acceptors (Lipinski definition) is 3. The van der Waals surface area contributed by atoms with Gasteiger partial charge in [-0.15, -0.1) is 11.3 Å². The topological polar surface area (TPSA) is 73.5 Å². The molecule has 1 aliphatic rings. The molecule has 0 saturated carbocycles. The normalized spacial score (nSPS) is 13.0. The van der Waals surface area contributed by atoms with Crippen LogP contribution in [0.5, 0.6) is 0 Å². The van der Waals surface area contributed by atoms with E-state index in [4.69, 9.17) is 0 Å². The molecule has 1 aliphatic heterocycles. The van der Waals surface area contributed by atoms with Gasteiger partial charge in [0.15, 0.2) is 0 Å². The SMILES string of the molecule is O=C(NCC#Cc1ccc(N2CCNC2=O)cc1)NCc1cccs1. The highest BCUT2D eigenvalue weighted by Gasteiger charge is 2.20. The summed E-state index contributed by atoms with van der Waals surface area (Å²) in [5.41, 5.74) is 1.69. The van der Waals surface area contributed by atoms with Crippen LogP contribution in [0.4, 0.5) is 15.3 Å². The van der Waals surface area contributed by atoms with Gasteiger partial charge in [0.05, 0.1) is 13.1 Å². The molecular formula is C18H18N4O2S. The van der Waals surface area contributed by atoms with E-state index in [-0.39, 0.29) is 18.6 Å². The molecule has 0 unspecified atom stereocenters. The average Bonchev–Trinajstić information content (AvgIpc) is 3.29. The maximum absolute atomic E-state index is 11.6. The molecule has 1 saturated heterocycles. The average molecular weight is 354 g/mol. The van der Waals surface area contributed by atoms with Crippen molar-refractivity contribution in [2.75, 3.05) is 24.5 Å². The fraction of sp³-hybridized carbons (Fsp3) is 0.222. The first-order valence-corrected chi connectivity index (χ1v) is 8.79. The Morgan fingerprint density at radius 3 is 2.76 bits per heavy atom. The number of rotatable bonds is 4. The molecule has 25 heavy (non-hydrogen) atoms. The molecule has 0 atom stereocenters. The molecule has 1 aromatic heterocycles. The van der Waals surface area contributed by atoms with Gasteiger partial charge in [0.2, 0.25) is 0 Å². The minimum absolute atomic E-state index is 0.0726. The summed E-state index contributed by atoms with van der Waals surface area (Å²) in [4.78, 5) is 26.0. The number of carbonyl (C=O) groups excluding carboxylic acids is 2. The van der Waals surface area contributed by atoms with Crippen molar-refractivity contribution < 1.29 is 9.59 Å². The lowest BCUT2D eigenvalue weighted by molar-refractivity contribution is 0.241. The highest BCUT2D eigenvalue weighted by molar-refractivity contribution is 7.09. The first-order valence-electron chi connectivity index (χ1n) is 7.91. The molecule has 1 fully saturated rings. The minimum atomic E-state index is -0.238. The lowest BCUT2D eigenvalue weighted by Crippen LogP contribution is -2.34. The zero-order valence-electron chi connectivity index (χ0n) is 13.5. The van der Waals surface area contributed by atoms with Crippen LogP contribution >= 0.6 is 11.3 Å². The first kappa shape index (κ1) is 16.9. The van der Waals surface area contributed by atoms with Gasteiger partial charge in [0.1, 0.15) is 0 Å². The molecule has 0 spiro atoms. The Morgan fingerprint density at radius 2 is 2.08 bits per heavy atom. The number of amides is 4. The number of nitrogens with one attached hydrogen (secondary N) is 3. The number of hydrogen-bond donors (Lipinski definition) is 3. The maximum Gasteiger partial charge on any atom is 0.321 e. The maximum atomic E-state index is 11.6. The van der Waals surface area contributed by atoms with Crippen LogP contribution in [0.25, 0.3) is 0 Å². The third-order valence-corrected chi connectivity index (χ3v) is 4.49. The van der Waals surface area contributed by atoms with Gasteiger partial charge in [-0.1, -0.05) is 17.9 Å². The zero-order chi connectivity index (χ0) is 17.5. The summed E-state index contributed by atoms with van der Waals surface area (Å²) in [6.07, 6.45) is 0. The Morgan fingerprint density at radius 1 is 1.24 bits per heavy atom. The monoisotopic (exact) mass is 354 g/mol. The van der Waals surface area contributed by atoms with E-state index >= 15 is 0 Å². The van der Waals surface area contributed by atoms with E-state index in [9.17, 15) is 9.59 Å². The molecule has 1 aromatic carbocycles. The van der Waals surface area contributed by atoms with E-state index in [1.807, 2.05) is 41.8 Å². The molecule has 7 heteroatoms. The second kappa shape index (κ2) is 8.22. The van der Waals surface area contributed by atoms with Crippen LogP contribution in [0.2, 0.25) is 0 Å². The van der Waals surface area contributed by atoms with Crippen LogP contribution in [0.3, 0.4) is 0 Å². The fourth-order valence-electron chi connectivity index (χ4n) is 2.36. The highest BCUT2D eigenvalue weighted by atomic mass is 32.1. The summed E-state index contributed by atoms with van der Waals surface area (Å²) in [6.45, 7) is 2.13. The van der Waals surface area contributed by atoms with Gasteiger partial charge in [-0.05, 0) is 35.7 Å². The van der Waals surface area contributed by atoms with Crippen LogP contribution in [-0.4, -0.2) is 31.7 Å². The standard InChI is InChI=1S/C18H18N4O2S/c23-17(21-13-16-4-2-12-25-16)19-9-1-3-14-5-7-15(8-6-14)22-11-10-20-18(22)24/h2,4-8,12H,9-11,13H2,(H,20,24)(H2,19,21,23). The Labute approximate surface area is 150 Å². The summed E-state index contributed by atoms with van der Waals surface area (Å²) < 4.78 is 0. The molecule has 2 aromatic rings. The Bertz CT molecular complexity index is 791. The second-order valence-corrected chi connectivity index (χ2v) is 6.38. The van der Waals surface area contributed by atoms with Crippen molar-refractivity contribution in [2.45, 2.75) is 6.54 Å². The molecular weight excluding hydrogens is 336 g/mol. The van der Waals surface area contributed by atoms with Gasteiger partial charge in [-0.3, -0.25) is 4.90 Å². The van der Waals surface area contributed by atoms with Crippen molar-refractivity contribution in [2.24, 2.45) is 0 Å². The van der Waals surface area contributed by atoms with Crippen LogP contribution in [0.15, 0.2) is 41.8 Å². The summed E-state index contributed by atoms with van der Waals surface area (Å²) in [5, 5.41) is 10.2. The van der Waals surface area contributed by atoms with Crippen molar-refractivity contribution >= 4 is 29.1 Å². The summed E-state index contributed by atoms with van der Waals surface area (Å²) in [6, 6.07) is 11.1. The highest BCUT2D eigenvalue weighted by Crippen LogP contribution is 2.16. The summed E-state index contributed by atoms with van der Waals surface area (Å²) >= 11 is 1.60. The molecule has 4 amide bonds. The third kappa shape index (κ3) is 4.75. The van der Waals surface area contributed by atoms with Crippen LogP contribution < -0.4 is 20.9 Å². The van der Waals surface area contributed by atoms with E-state index in [1.165, 1.54) is 0 Å². The molecule has 0 bridgehead atoms. The number of carbonyl (C=O) groups is 2. The van der Waals surface area contributed by atoms with Crippen LogP contribution in [-0.2, 0) is 6.54 Å². The van der Waals surface area contributed by atoms with Gasteiger partial charge in [-0.25, -0.2) is 9.59 Å². The van der Waals surface area contributed by atoms with Crippen molar-refractivity contribution in [3.8, 4) is 11.8 Å². The molecule has 128 valence electrons. The Hall–Kier alpha value is -2.98. The van der Waals surface area contributed by atoms with Crippen LogP contribution in [0.1, 0.15) is 10.4 Å². The minimum Gasteiger partial charge on any atom is -0.336 e. The van der Waals surface area contributed by atoms with Gasteiger partial charge in [-0.2, -0.15) is 0 Å². The molecule has 3 N–H and O–H groups in total. The second-order valence-electron chi connectivity index (χ2n) is 5.35. The van der Waals surface area contributed by atoms with Gasteiger partial charge < -0.3 is 16.0 Å². The number of thiophene rings is 1. The summed E-state index contributed by atoms with van der Waals surface area (Å²) in [7, 11) is 0. The predicted octanol–water partition coefficient (Wildman–Crippen LogP) is 2.13. The number of benzene rings is 1. The lowest BCUT2D eigenvalue weighted by atomic mass is 10.2. The van der Waals surface area contributed by atoms with Gasteiger partial charge >= 0.3 is 12.1 Å². The predicted molar refractivity (Wildman–Crippen MR) is 98.6 cm³/mol. The van der Waals surface area contributed by atoms with Crippen LogP contribution in [0, 0.1) is 11.8 Å². The summed E-state index contributed by atoms with van der Waals surface area (Å²) in [5.74, 6) is 5.90. The third-order valence-electron chi connectivity index (χ3n) is 3.61. The molecule has 0 radical (unpaired) electrons.